The summed E-state index contributed by atoms with van der Waals surface area (Å²) in [5, 5.41) is 11.7. The molecule has 0 bridgehead atoms. The van der Waals surface area contributed by atoms with Gasteiger partial charge >= 0.3 is 0 Å². The molecule has 0 N–H and O–H groups in total. The predicted octanol–water partition coefficient (Wildman–Crippen LogP) is 3.37. The summed E-state index contributed by atoms with van der Waals surface area (Å²) in [6.45, 7) is 0.323. The van der Waals surface area contributed by atoms with Crippen molar-refractivity contribution in [1.29, 1.82) is 0 Å². The molecular weight excluding hydrogens is 308 g/mol. The first-order valence-corrected chi connectivity index (χ1v) is 7.75. The number of para-hydroxylation sites is 1. The van der Waals surface area contributed by atoms with Gasteiger partial charge in [-0.2, -0.15) is 0 Å². The lowest BCUT2D eigenvalue weighted by molar-refractivity contribution is -0.385. The fraction of sp³-hybridized carbons (Fsp3) is 0.182. The summed E-state index contributed by atoms with van der Waals surface area (Å²) in [4.78, 5) is 23.6. The van der Waals surface area contributed by atoms with Gasteiger partial charge in [0.1, 0.15) is 10.0 Å². The number of nitro benzene ring substituents is 1. The zero-order valence-corrected chi connectivity index (χ0v) is 12.2. The van der Waals surface area contributed by atoms with Gasteiger partial charge in [0, 0.05) is 18.7 Å². The third-order valence-corrected chi connectivity index (χ3v) is 5.37. The molecule has 0 aliphatic rings. The summed E-state index contributed by atoms with van der Waals surface area (Å²) in [6, 6.07) is 6.52. The van der Waals surface area contributed by atoms with Gasteiger partial charge in [0.2, 0.25) is 0 Å². The second-order valence-corrected chi connectivity index (χ2v) is 6.28. The van der Waals surface area contributed by atoms with Crippen LogP contribution in [0.4, 0.5) is 10.7 Å². The molecule has 19 heavy (non-hydrogen) atoms. The summed E-state index contributed by atoms with van der Waals surface area (Å²) < 4.78 is -0.184. The first-order chi connectivity index (χ1) is 9.00. The van der Waals surface area contributed by atoms with Crippen LogP contribution in [-0.4, -0.2) is 12.0 Å². The van der Waals surface area contributed by atoms with Crippen LogP contribution in [0.5, 0.6) is 0 Å². The van der Waals surface area contributed by atoms with Crippen LogP contribution >= 0.6 is 32.3 Å². The topological polar surface area (TPSA) is 63.4 Å². The second kappa shape index (κ2) is 5.68. The zero-order chi connectivity index (χ0) is 14.0. The molecule has 0 aliphatic heterocycles. The largest absolute Gasteiger partial charge is 0.360 e. The smallest absolute Gasteiger partial charge is 0.274 e. The Morgan fingerprint density at radius 3 is 2.63 bits per heavy atom. The van der Waals surface area contributed by atoms with E-state index in [9.17, 15) is 14.9 Å². The highest BCUT2D eigenvalue weighted by atomic mass is 35.5. The van der Waals surface area contributed by atoms with Gasteiger partial charge in [0.25, 0.3) is 10.4 Å². The number of hydrogen-bond donors (Lipinski definition) is 0. The Morgan fingerprint density at radius 2 is 2.05 bits per heavy atom. The maximum absolute atomic E-state index is 11.3. The fourth-order valence-electron chi connectivity index (χ4n) is 1.62. The van der Waals surface area contributed by atoms with E-state index in [-0.39, 0.29) is 15.5 Å². The summed E-state index contributed by atoms with van der Waals surface area (Å²) in [5.41, 5.74) is 0.643. The van der Waals surface area contributed by atoms with Gasteiger partial charge in [-0.15, -0.1) is 0 Å². The van der Waals surface area contributed by atoms with Crippen molar-refractivity contribution in [3.05, 3.63) is 54.5 Å². The van der Waals surface area contributed by atoms with Crippen LogP contribution in [0.1, 0.15) is 5.56 Å². The Labute approximate surface area is 121 Å². The third kappa shape index (κ3) is 2.94. The van der Waals surface area contributed by atoms with Gasteiger partial charge in [-0.05, 0) is 10.3 Å². The number of nitro groups is 1. The first kappa shape index (κ1) is 14.0. The average molecular weight is 317 g/mol. The molecule has 100 valence electrons. The molecule has 0 saturated heterocycles. The summed E-state index contributed by atoms with van der Waals surface area (Å²) in [5.74, 6) is 0. The molecule has 0 amide bonds. The minimum atomic E-state index is -0.416. The van der Waals surface area contributed by atoms with Gasteiger partial charge in [-0.1, -0.05) is 40.1 Å². The number of nitrogens with zero attached hydrogens (tertiary/aromatic N) is 2. The normalized spacial score (nSPS) is 10.4. The highest BCUT2D eigenvalue weighted by molar-refractivity contribution is 7.70. The standard InChI is InChI=1S/C11H9ClN2O3S2/c1-13(10-9(12)11(15)19-18-10)6-7-4-2-3-5-8(7)14(16)17/h2-5H,6H2,1H3. The Kier molecular flexibility index (Phi) is 4.18. The zero-order valence-electron chi connectivity index (χ0n) is 9.83. The van der Waals surface area contributed by atoms with E-state index >= 15 is 0 Å². The first-order valence-electron chi connectivity index (χ1n) is 5.22. The van der Waals surface area contributed by atoms with Gasteiger partial charge in [0.05, 0.1) is 11.5 Å². The van der Waals surface area contributed by atoms with Crippen LogP contribution in [0, 0.1) is 10.1 Å². The third-order valence-electron chi connectivity index (χ3n) is 2.51. The van der Waals surface area contributed by atoms with E-state index in [1.54, 1.807) is 30.1 Å². The Bertz CT molecular complexity index is 668. The molecule has 0 aliphatic carbocycles. The van der Waals surface area contributed by atoms with Crippen molar-refractivity contribution in [3.63, 3.8) is 0 Å². The number of hydrogen-bond acceptors (Lipinski definition) is 6. The molecule has 1 heterocycles. The van der Waals surface area contributed by atoms with Crippen LogP contribution in [-0.2, 0) is 6.54 Å². The van der Waals surface area contributed by atoms with Crippen LogP contribution in [0.2, 0.25) is 5.02 Å². The van der Waals surface area contributed by atoms with Crippen molar-refractivity contribution in [3.8, 4) is 0 Å². The summed E-state index contributed by atoms with van der Waals surface area (Å²) in [7, 11) is 4.08. The molecule has 2 aromatic rings. The Morgan fingerprint density at radius 1 is 1.37 bits per heavy atom. The Hall–Kier alpha value is -1.44. The fourth-order valence-corrected chi connectivity index (χ4v) is 4.36. The van der Waals surface area contributed by atoms with E-state index < -0.39 is 4.92 Å². The quantitative estimate of drug-likeness (QED) is 0.493. The minimum absolute atomic E-state index is 0.0630. The van der Waals surface area contributed by atoms with Gasteiger partial charge in [-0.25, -0.2) is 0 Å². The highest BCUT2D eigenvalue weighted by Gasteiger charge is 2.17. The SMILES string of the molecule is CN(Cc1ccccc1[N+](=O)[O-])c1ssc(=O)c1Cl. The summed E-state index contributed by atoms with van der Waals surface area (Å²) >= 11 is 5.90. The number of anilines is 1. The number of benzene rings is 1. The van der Waals surface area contributed by atoms with Crippen molar-refractivity contribution >= 4 is 43.0 Å². The monoisotopic (exact) mass is 316 g/mol. The van der Waals surface area contributed by atoms with E-state index in [1.165, 1.54) is 16.4 Å². The molecule has 1 aromatic carbocycles. The van der Waals surface area contributed by atoms with Crippen LogP contribution in [0.15, 0.2) is 29.1 Å². The van der Waals surface area contributed by atoms with Crippen molar-refractivity contribution in [1.82, 2.24) is 0 Å². The predicted molar refractivity (Wildman–Crippen MR) is 78.7 cm³/mol. The highest BCUT2D eigenvalue weighted by Crippen LogP contribution is 2.32. The number of rotatable bonds is 4. The van der Waals surface area contributed by atoms with E-state index in [0.717, 1.165) is 10.3 Å². The minimum Gasteiger partial charge on any atom is -0.360 e. The lowest BCUT2D eigenvalue weighted by Gasteiger charge is -2.17. The van der Waals surface area contributed by atoms with E-state index in [1.807, 2.05) is 0 Å². The summed E-state index contributed by atoms with van der Waals surface area (Å²) in [6.07, 6.45) is 0. The van der Waals surface area contributed by atoms with Crippen molar-refractivity contribution in [2.75, 3.05) is 11.9 Å². The number of halogens is 1. The van der Waals surface area contributed by atoms with Crippen LogP contribution in [0.25, 0.3) is 0 Å². The van der Waals surface area contributed by atoms with E-state index in [4.69, 9.17) is 11.6 Å². The van der Waals surface area contributed by atoms with Crippen LogP contribution in [0.3, 0.4) is 0 Å². The molecular formula is C11H9ClN2O3S2. The molecule has 0 fully saturated rings. The van der Waals surface area contributed by atoms with Gasteiger partial charge < -0.3 is 4.90 Å². The lowest BCUT2D eigenvalue weighted by atomic mass is 10.2. The maximum Gasteiger partial charge on any atom is 0.274 e. The molecule has 0 atom stereocenters. The lowest BCUT2D eigenvalue weighted by Crippen LogP contribution is -2.17. The van der Waals surface area contributed by atoms with Crippen molar-refractivity contribution in [2.45, 2.75) is 6.54 Å². The van der Waals surface area contributed by atoms with Gasteiger partial charge in [-0.3, -0.25) is 14.9 Å². The molecule has 0 radical (unpaired) electrons. The average Bonchev–Trinajstić information content (AvgIpc) is 2.70. The molecule has 0 unspecified atom stereocenters. The maximum atomic E-state index is 11.3. The van der Waals surface area contributed by atoms with Crippen LogP contribution < -0.4 is 9.64 Å². The van der Waals surface area contributed by atoms with Crippen molar-refractivity contribution in [2.24, 2.45) is 0 Å². The molecule has 0 saturated carbocycles. The Balaban J connectivity index is 2.29. The van der Waals surface area contributed by atoms with E-state index in [2.05, 4.69) is 0 Å². The second-order valence-electron chi connectivity index (χ2n) is 3.82. The molecule has 0 spiro atoms. The van der Waals surface area contributed by atoms with E-state index in [0.29, 0.717) is 17.1 Å². The molecule has 2 rings (SSSR count). The molecule has 1 aromatic heterocycles. The van der Waals surface area contributed by atoms with Crippen molar-refractivity contribution < 1.29 is 4.92 Å². The molecule has 5 nitrogen and oxygen atoms in total. The van der Waals surface area contributed by atoms with Gasteiger partial charge in [0.15, 0.2) is 0 Å². The molecule has 8 heteroatoms.